The highest BCUT2D eigenvalue weighted by molar-refractivity contribution is 5.27. The molecule has 1 aromatic carbocycles. The Balaban J connectivity index is 1.50. The van der Waals surface area contributed by atoms with Gasteiger partial charge in [0, 0.05) is 39.5 Å². The Kier molecular flexibility index (Phi) is 6.14. The Morgan fingerprint density at radius 2 is 1.96 bits per heavy atom. The lowest BCUT2D eigenvalue weighted by Crippen LogP contribution is -2.47. The Labute approximate surface area is 146 Å². The van der Waals surface area contributed by atoms with E-state index in [0.717, 1.165) is 64.5 Å². The van der Waals surface area contributed by atoms with Gasteiger partial charge in [-0.3, -0.25) is 4.90 Å². The van der Waals surface area contributed by atoms with Crippen molar-refractivity contribution in [3.63, 3.8) is 0 Å². The number of likely N-dealkylation sites (tertiary alicyclic amines) is 1. The van der Waals surface area contributed by atoms with Crippen LogP contribution < -0.4 is 4.74 Å². The molecule has 2 heterocycles. The first-order chi connectivity index (χ1) is 11.8. The lowest BCUT2D eigenvalue weighted by atomic mass is 9.78. The van der Waals surface area contributed by atoms with Crippen LogP contribution in [-0.2, 0) is 16.0 Å². The van der Waals surface area contributed by atoms with Crippen LogP contribution in [-0.4, -0.2) is 50.5 Å². The third kappa shape index (κ3) is 4.11. The first kappa shape index (κ1) is 17.7. The zero-order valence-corrected chi connectivity index (χ0v) is 15.1. The maximum absolute atomic E-state index is 6.25. The van der Waals surface area contributed by atoms with Crippen molar-refractivity contribution in [2.45, 2.75) is 44.8 Å². The number of ether oxygens (including phenoxy) is 3. The number of methoxy groups -OCH3 is 1. The molecule has 1 spiro atoms. The van der Waals surface area contributed by atoms with Crippen molar-refractivity contribution in [2.24, 2.45) is 5.92 Å². The van der Waals surface area contributed by atoms with Crippen molar-refractivity contribution in [3.05, 3.63) is 29.8 Å². The van der Waals surface area contributed by atoms with E-state index < -0.39 is 0 Å². The van der Waals surface area contributed by atoms with Crippen molar-refractivity contribution in [1.29, 1.82) is 0 Å². The van der Waals surface area contributed by atoms with Gasteiger partial charge in [-0.2, -0.15) is 0 Å². The van der Waals surface area contributed by atoms with Crippen LogP contribution >= 0.6 is 0 Å². The SMILES string of the molecule is CCOCC[C@@H]1CCOC12CCN(Cc1ccc(OC)cc1)CC2. The standard InChI is InChI=1S/C20H31NO3/c1-3-23-14-8-18-9-15-24-20(18)10-12-21(13-11-20)16-17-4-6-19(22-2)7-5-17/h4-7,18H,3,8-16H2,1-2H3/t18-/m1/s1. The molecule has 2 aliphatic heterocycles. The molecule has 0 amide bonds. The summed E-state index contributed by atoms with van der Waals surface area (Å²) in [6.45, 7) is 7.95. The van der Waals surface area contributed by atoms with Gasteiger partial charge in [-0.1, -0.05) is 12.1 Å². The van der Waals surface area contributed by atoms with Gasteiger partial charge >= 0.3 is 0 Å². The summed E-state index contributed by atoms with van der Waals surface area (Å²) in [7, 11) is 1.71. The van der Waals surface area contributed by atoms with E-state index in [1.54, 1.807) is 7.11 Å². The molecular weight excluding hydrogens is 302 g/mol. The highest BCUT2D eigenvalue weighted by Crippen LogP contribution is 2.42. The summed E-state index contributed by atoms with van der Waals surface area (Å²) in [6, 6.07) is 8.43. The summed E-state index contributed by atoms with van der Waals surface area (Å²) < 4.78 is 17.1. The van der Waals surface area contributed by atoms with Gasteiger partial charge in [-0.15, -0.1) is 0 Å². The van der Waals surface area contributed by atoms with Crippen molar-refractivity contribution in [2.75, 3.05) is 40.0 Å². The molecule has 0 radical (unpaired) electrons. The maximum Gasteiger partial charge on any atom is 0.118 e. The molecule has 1 atom stereocenters. The van der Waals surface area contributed by atoms with Gasteiger partial charge in [0.05, 0.1) is 12.7 Å². The molecule has 2 aliphatic rings. The summed E-state index contributed by atoms with van der Waals surface area (Å²) >= 11 is 0. The molecule has 0 bridgehead atoms. The Hall–Kier alpha value is -1.10. The zero-order chi connectivity index (χ0) is 16.8. The Bertz CT molecular complexity index is 494. The predicted octanol–water partition coefficient (Wildman–Crippen LogP) is 3.49. The average molecular weight is 333 g/mol. The fraction of sp³-hybridized carbons (Fsp3) is 0.700. The molecule has 4 nitrogen and oxygen atoms in total. The normalized spacial score (nSPS) is 23.7. The molecule has 0 unspecified atom stereocenters. The molecule has 1 aromatic rings. The van der Waals surface area contributed by atoms with Crippen LogP contribution in [0.1, 0.15) is 38.2 Å². The van der Waals surface area contributed by atoms with Gasteiger partial charge in [0.15, 0.2) is 0 Å². The molecule has 2 saturated heterocycles. The molecule has 2 fully saturated rings. The number of hydrogen-bond acceptors (Lipinski definition) is 4. The number of nitrogens with zero attached hydrogens (tertiary/aromatic N) is 1. The minimum Gasteiger partial charge on any atom is -0.497 e. The first-order valence-corrected chi connectivity index (χ1v) is 9.33. The van der Waals surface area contributed by atoms with E-state index in [-0.39, 0.29) is 5.60 Å². The van der Waals surface area contributed by atoms with E-state index in [1.165, 1.54) is 12.0 Å². The van der Waals surface area contributed by atoms with E-state index >= 15 is 0 Å². The van der Waals surface area contributed by atoms with E-state index in [1.807, 2.05) is 12.1 Å². The molecule has 3 rings (SSSR count). The summed E-state index contributed by atoms with van der Waals surface area (Å²) in [5, 5.41) is 0. The van der Waals surface area contributed by atoms with Crippen molar-refractivity contribution < 1.29 is 14.2 Å². The monoisotopic (exact) mass is 333 g/mol. The van der Waals surface area contributed by atoms with Crippen LogP contribution in [0.25, 0.3) is 0 Å². The first-order valence-electron chi connectivity index (χ1n) is 9.33. The minimum atomic E-state index is 0.119. The lowest BCUT2D eigenvalue weighted by Gasteiger charge is -2.42. The Morgan fingerprint density at radius 3 is 2.62 bits per heavy atom. The average Bonchev–Trinajstić information content (AvgIpc) is 3.00. The van der Waals surface area contributed by atoms with Crippen LogP contribution in [0.5, 0.6) is 5.75 Å². The fourth-order valence-corrected chi connectivity index (χ4v) is 4.19. The molecule has 0 saturated carbocycles. The topological polar surface area (TPSA) is 30.9 Å². The van der Waals surface area contributed by atoms with Crippen molar-refractivity contribution >= 4 is 0 Å². The van der Waals surface area contributed by atoms with E-state index in [9.17, 15) is 0 Å². The van der Waals surface area contributed by atoms with Gasteiger partial charge in [-0.05, 0) is 56.2 Å². The summed E-state index contributed by atoms with van der Waals surface area (Å²) in [6.07, 6.45) is 4.65. The van der Waals surface area contributed by atoms with Crippen LogP contribution in [0.15, 0.2) is 24.3 Å². The van der Waals surface area contributed by atoms with Crippen LogP contribution in [0.4, 0.5) is 0 Å². The summed E-state index contributed by atoms with van der Waals surface area (Å²) in [4.78, 5) is 2.55. The maximum atomic E-state index is 6.25. The number of benzene rings is 1. The van der Waals surface area contributed by atoms with E-state index in [2.05, 4.69) is 24.0 Å². The second-order valence-corrected chi connectivity index (χ2v) is 7.01. The highest BCUT2D eigenvalue weighted by atomic mass is 16.5. The third-order valence-electron chi connectivity index (χ3n) is 5.68. The largest absolute Gasteiger partial charge is 0.497 e. The van der Waals surface area contributed by atoms with E-state index in [0.29, 0.717) is 5.92 Å². The van der Waals surface area contributed by atoms with Gasteiger partial charge < -0.3 is 14.2 Å². The molecular formula is C20H31NO3. The number of rotatable bonds is 7. The second-order valence-electron chi connectivity index (χ2n) is 7.01. The van der Waals surface area contributed by atoms with Crippen LogP contribution in [0.3, 0.4) is 0 Å². The van der Waals surface area contributed by atoms with Gasteiger partial charge in [0.25, 0.3) is 0 Å². The molecule has 134 valence electrons. The van der Waals surface area contributed by atoms with Crippen LogP contribution in [0.2, 0.25) is 0 Å². The van der Waals surface area contributed by atoms with Gasteiger partial charge in [0.2, 0.25) is 0 Å². The molecule has 0 aliphatic carbocycles. The molecule has 0 N–H and O–H groups in total. The quantitative estimate of drug-likeness (QED) is 0.715. The highest BCUT2D eigenvalue weighted by Gasteiger charge is 2.45. The number of hydrogen-bond donors (Lipinski definition) is 0. The van der Waals surface area contributed by atoms with Crippen molar-refractivity contribution in [1.82, 2.24) is 4.90 Å². The third-order valence-corrected chi connectivity index (χ3v) is 5.68. The van der Waals surface area contributed by atoms with Gasteiger partial charge in [-0.25, -0.2) is 0 Å². The lowest BCUT2D eigenvalue weighted by molar-refractivity contribution is -0.0728. The summed E-state index contributed by atoms with van der Waals surface area (Å²) in [5.41, 5.74) is 1.47. The molecule has 0 aromatic heterocycles. The molecule has 24 heavy (non-hydrogen) atoms. The predicted molar refractivity (Wildman–Crippen MR) is 95.4 cm³/mol. The Morgan fingerprint density at radius 1 is 1.21 bits per heavy atom. The van der Waals surface area contributed by atoms with Crippen molar-refractivity contribution in [3.8, 4) is 5.75 Å². The zero-order valence-electron chi connectivity index (χ0n) is 15.1. The van der Waals surface area contributed by atoms with Crippen LogP contribution in [0, 0.1) is 5.92 Å². The van der Waals surface area contributed by atoms with E-state index in [4.69, 9.17) is 14.2 Å². The fourth-order valence-electron chi connectivity index (χ4n) is 4.19. The minimum absolute atomic E-state index is 0.119. The number of piperidine rings is 1. The summed E-state index contributed by atoms with van der Waals surface area (Å²) in [5.74, 6) is 1.60. The smallest absolute Gasteiger partial charge is 0.118 e. The van der Waals surface area contributed by atoms with Gasteiger partial charge in [0.1, 0.15) is 5.75 Å². The molecule has 4 heteroatoms. The second kappa shape index (κ2) is 8.32.